The van der Waals surface area contributed by atoms with Crippen molar-refractivity contribution in [3.63, 3.8) is 0 Å². The quantitative estimate of drug-likeness (QED) is 0.773. The monoisotopic (exact) mass is 326 g/mol. The maximum atomic E-state index is 12.2. The van der Waals surface area contributed by atoms with E-state index in [1.54, 1.807) is 42.7 Å². The first-order chi connectivity index (χ1) is 11.7. The number of amides is 1. The number of hydrogen-bond acceptors (Lipinski definition) is 5. The molecular formula is C16H14N4O4. The molecule has 1 aliphatic rings. The van der Waals surface area contributed by atoms with Gasteiger partial charge in [-0.15, -0.1) is 0 Å². The number of carbonyl (C=O) groups excluding carboxylic acids is 1. The summed E-state index contributed by atoms with van der Waals surface area (Å²) in [5, 5.41) is 6.73. The summed E-state index contributed by atoms with van der Waals surface area (Å²) in [6.45, 7) is 0.803. The summed E-state index contributed by atoms with van der Waals surface area (Å²) in [7, 11) is 0. The SMILES string of the molecule is O=C(Cn1ncc2cccn2c1=O)Nc1ccc2c(c1)OCCO2. The Morgan fingerprint density at radius 2 is 2.04 bits per heavy atom. The number of fused-ring (bicyclic) bond motifs is 2. The van der Waals surface area contributed by atoms with Crippen LogP contribution < -0.4 is 20.5 Å². The molecule has 24 heavy (non-hydrogen) atoms. The third-order valence-electron chi connectivity index (χ3n) is 3.66. The van der Waals surface area contributed by atoms with Crippen LogP contribution in [-0.4, -0.2) is 33.3 Å². The molecular weight excluding hydrogens is 312 g/mol. The van der Waals surface area contributed by atoms with Gasteiger partial charge >= 0.3 is 5.69 Å². The molecule has 0 saturated heterocycles. The molecule has 122 valence electrons. The van der Waals surface area contributed by atoms with E-state index in [9.17, 15) is 9.59 Å². The summed E-state index contributed by atoms with van der Waals surface area (Å²) in [5.74, 6) is 0.881. The molecule has 0 aliphatic carbocycles. The molecule has 1 N–H and O–H groups in total. The fraction of sp³-hybridized carbons (Fsp3) is 0.188. The Labute approximate surface area is 136 Å². The van der Waals surface area contributed by atoms with Gasteiger partial charge in [-0.2, -0.15) is 5.10 Å². The maximum absolute atomic E-state index is 12.2. The first-order valence-corrected chi connectivity index (χ1v) is 7.43. The van der Waals surface area contributed by atoms with Crippen LogP contribution in [0.1, 0.15) is 0 Å². The van der Waals surface area contributed by atoms with Gasteiger partial charge in [-0.3, -0.25) is 9.20 Å². The molecule has 0 radical (unpaired) electrons. The first kappa shape index (κ1) is 14.3. The molecule has 0 fully saturated rings. The van der Waals surface area contributed by atoms with Crippen molar-refractivity contribution >= 4 is 17.1 Å². The zero-order chi connectivity index (χ0) is 16.5. The Hall–Kier alpha value is -3.29. The van der Waals surface area contributed by atoms with Crippen LogP contribution in [0, 0.1) is 0 Å². The molecule has 3 heterocycles. The summed E-state index contributed by atoms with van der Waals surface area (Å²) < 4.78 is 13.5. The molecule has 4 rings (SSSR count). The van der Waals surface area contributed by atoms with E-state index in [-0.39, 0.29) is 18.1 Å². The summed E-state index contributed by atoms with van der Waals surface area (Å²) in [5.41, 5.74) is 0.887. The van der Waals surface area contributed by atoms with Crippen molar-refractivity contribution in [3.8, 4) is 11.5 Å². The number of aromatic nitrogens is 3. The first-order valence-electron chi connectivity index (χ1n) is 7.43. The maximum Gasteiger partial charge on any atom is 0.349 e. The van der Waals surface area contributed by atoms with Crippen molar-refractivity contribution in [2.75, 3.05) is 18.5 Å². The van der Waals surface area contributed by atoms with Gasteiger partial charge in [0, 0.05) is 18.0 Å². The van der Waals surface area contributed by atoms with Gasteiger partial charge < -0.3 is 14.8 Å². The molecule has 2 aromatic heterocycles. The number of rotatable bonds is 3. The summed E-state index contributed by atoms with van der Waals surface area (Å²) in [6.07, 6.45) is 3.17. The van der Waals surface area contributed by atoms with Gasteiger partial charge in [-0.25, -0.2) is 9.48 Å². The van der Waals surface area contributed by atoms with Crippen molar-refractivity contribution in [1.82, 2.24) is 14.2 Å². The van der Waals surface area contributed by atoms with Crippen LogP contribution in [0.5, 0.6) is 11.5 Å². The standard InChI is InChI=1S/C16H14N4O4/c21-15(10-20-16(22)19-5-1-2-12(19)9-17-20)18-11-3-4-13-14(8-11)24-7-6-23-13/h1-5,8-9H,6-7,10H2,(H,18,21). The fourth-order valence-corrected chi connectivity index (χ4v) is 2.54. The van der Waals surface area contributed by atoms with Crippen LogP contribution >= 0.6 is 0 Å². The number of nitrogens with zero attached hydrogens (tertiary/aromatic N) is 3. The average molecular weight is 326 g/mol. The lowest BCUT2D eigenvalue weighted by molar-refractivity contribution is -0.117. The van der Waals surface area contributed by atoms with Gasteiger partial charge in [0.1, 0.15) is 19.8 Å². The van der Waals surface area contributed by atoms with Gasteiger partial charge in [-0.05, 0) is 24.3 Å². The predicted molar refractivity (Wildman–Crippen MR) is 85.5 cm³/mol. The number of nitrogens with one attached hydrogen (secondary N) is 1. The van der Waals surface area contributed by atoms with E-state index in [0.29, 0.717) is 35.9 Å². The van der Waals surface area contributed by atoms with Crippen LogP contribution in [0.25, 0.3) is 5.52 Å². The van der Waals surface area contributed by atoms with Crippen LogP contribution in [0.15, 0.2) is 47.5 Å². The van der Waals surface area contributed by atoms with Gasteiger partial charge in [-0.1, -0.05) is 0 Å². The highest BCUT2D eigenvalue weighted by Crippen LogP contribution is 2.32. The molecule has 0 atom stereocenters. The largest absolute Gasteiger partial charge is 0.486 e. The molecule has 0 unspecified atom stereocenters. The highest BCUT2D eigenvalue weighted by Gasteiger charge is 2.13. The van der Waals surface area contributed by atoms with Crippen molar-refractivity contribution < 1.29 is 14.3 Å². The van der Waals surface area contributed by atoms with E-state index < -0.39 is 0 Å². The minimum absolute atomic E-state index is 0.179. The molecule has 8 nitrogen and oxygen atoms in total. The summed E-state index contributed by atoms with van der Waals surface area (Å²) in [4.78, 5) is 24.4. The Morgan fingerprint density at radius 3 is 2.92 bits per heavy atom. The minimum atomic E-state index is -0.366. The lowest BCUT2D eigenvalue weighted by atomic mass is 10.2. The lowest BCUT2D eigenvalue weighted by Crippen LogP contribution is -2.32. The van der Waals surface area contributed by atoms with Crippen LogP contribution in [0.2, 0.25) is 0 Å². The van der Waals surface area contributed by atoms with E-state index in [2.05, 4.69) is 10.4 Å². The predicted octanol–water partition coefficient (Wildman–Crippen LogP) is 0.906. The van der Waals surface area contributed by atoms with Crippen molar-refractivity contribution in [2.45, 2.75) is 6.54 Å². The highest BCUT2D eigenvalue weighted by molar-refractivity contribution is 5.90. The van der Waals surface area contributed by atoms with Crippen molar-refractivity contribution in [3.05, 3.63) is 53.2 Å². The number of anilines is 1. The van der Waals surface area contributed by atoms with Gasteiger partial charge in [0.05, 0.1) is 11.7 Å². The lowest BCUT2D eigenvalue weighted by Gasteiger charge is -2.19. The van der Waals surface area contributed by atoms with Crippen molar-refractivity contribution in [2.24, 2.45) is 0 Å². The molecule has 8 heteroatoms. The Bertz CT molecular complexity index is 976. The number of ether oxygens (including phenoxy) is 2. The molecule has 1 amide bonds. The molecule has 0 saturated carbocycles. The molecule has 1 aliphatic heterocycles. The third kappa shape index (κ3) is 2.58. The average Bonchev–Trinajstić information content (AvgIpc) is 3.07. The molecule has 1 aromatic carbocycles. The number of hydrogen-bond donors (Lipinski definition) is 1. The highest BCUT2D eigenvalue weighted by atomic mass is 16.6. The van der Waals surface area contributed by atoms with Gasteiger partial charge in [0.2, 0.25) is 5.91 Å². The second-order valence-electron chi connectivity index (χ2n) is 5.29. The number of benzene rings is 1. The van der Waals surface area contributed by atoms with Crippen LogP contribution in [-0.2, 0) is 11.3 Å². The number of carbonyl (C=O) groups is 1. The van der Waals surface area contributed by atoms with E-state index >= 15 is 0 Å². The normalized spacial score (nSPS) is 13.0. The zero-order valence-electron chi connectivity index (χ0n) is 12.6. The van der Waals surface area contributed by atoms with E-state index in [0.717, 1.165) is 4.68 Å². The molecule has 0 spiro atoms. The second kappa shape index (κ2) is 5.73. The topological polar surface area (TPSA) is 86.9 Å². The Balaban J connectivity index is 1.52. The van der Waals surface area contributed by atoms with E-state index in [4.69, 9.17) is 9.47 Å². The minimum Gasteiger partial charge on any atom is -0.486 e. The Morgan fingerprint density at radius 1 is 1.21 bits per heavy atom. The smallest absolute Gasteiger partial charge is 0.349 e. The molecule has 3 aromatic rings. The Kier molecular flexibility index (Phi) is 3.42. The van der Waals surface area contributed by atoms with E-state index in [1.165, 1.54) is 4.40 Å². The molecule has 0 bridgehead atoms. The summed E-state index contributed by atoms with van der Waals surface area (Å²) >= 11 is 0. The van der Waals surface area contributed by atoms with Gasteiger partial charge in [0.25, 0.3) is 0 Å². The van der Waals surface area contributed by atoms with E-state index in [1.807, 2.05) is 0 Å². The zero-order valence-corrected chi connectivity index (χ0v) is 12.6. The second-order valence-corrected chi connectivity index (χ2v) is 5.29. The third-order valence-corrected chi connectivity index (χ3v) is 3.66. The van der Waals surface area contributed by atoms with Crippen LogP contribution in [0.3, 0.4) is 0 Å². The van der Waals surface area contributed by atoms with Crippen molar-refractivity contribution in [1.29, 1.82) is 0 Å². The summed E-state index contributed by atoms with van der Waals surface area (Å²) in [6, 6.07) is 8.67. The fourth-order valence-electron chi connectivity index (χ4n) is 2.54. The van der Waals surface area contributed by atoms with Crippen LogP contribution in [0.4, 0.5) is 5.69 Å². The van der Waals surface area contributed by atoms with Gasteiger partial charge in [0.15, 0.2) is 11.5 Å².